The molecular weight excluding hydrogens is 444 g/mol. The molecule has 0 radical (unpaired) electrons. The first-order valence-corrected chi connectivity index (χ1v) is 11.0. The smallest absolute Gasteiger partial charge is 0.331 e. The van der Waals surface area contributed by atoms with Gasteiger partial charge in [-0.15, -0.1) is 11.3 Å². The first-order valence-electron chi connectivity index (χ1n) is 10.1. The fourth-order valence-corrected chi connectivity index (χ4v) is 4.16. The molecule has 0 bridgehead atoms. The van der Waals surface area contributed by atoms with Crippen LogP contribution in [-0.4, -0.2) is 43.4 Å². The number of hydrogen-bond acceptors (Lipinski definition) is 8. The molecule has 0 aliphatic carbocycles. The van der Waals surface area contributed by atoms with Gasteiger partial charge in [-0.25, -0.2) is 9.80 Å². The molecule has 4 rings (SSSR count). The van der Waals surface area contributed by atoms with Gasteiger partial charge in [0.15, 0.2) is 18.1 Å². The lowest BCUT2D eigenvalue weighted by atomic mass is 10.0. The first-order chi connectivity index (χ1) is 16.1. The van der Waals surface area contributed by atoms with Crippen molar-refractivity contribution in [3.63, 3.8) is 0 Å². The summed E-state index contributed by atoms with van der Waals surface area (Å²) in [4.78, 5) is 26.0. The highest BCUT2D eigenvalue weighted by molar-refractivity contribution is 7.12. The Hall–Kier alpha value is -3.85. The lowest BCUT2D eigenvalue weighted by molar-refractivity contribution is -0.149. The second-order valence-electron chi connectivity index (χ2n) is 7.05. The van der Waals surface area contributed by atoms with Gasteiger partial charge in [-0.2, -0.15) is 5.10 Å². The van der Waals surface area contributed by atoms with Crippen molar-refractivity contribution in [1.29, 1.82) is 0 Å². The number of esters is 1. The Balaban J connectivity index is 1.51. The second kappa shape index (κ2) is 10.2. The fraction of sp³-hybridized carbons (Fsp3) is 0.208. The predicted octanol–water partition coefficient (Wildman–Crippen LogP) is 4.29. The van der Waals surface area contributed by atoms with Crippen molar-refractivity contribution >= 4 is 35.0 Å². The van der Waals surface area contributed by atoms with E-state index >= 15 is 0 Å². The van der Waals surface area contributed by atoms with Crippen LogP contribution in [0.1, 0.15) is 28.7 Å². The highest BCUT2D eigenvalue weighted by atomic mass is 32.1. The molecule has 1 aliphatic heterocycles. The fourth-order valence-electron chi connectivity index (χ4n) is 3.43. The van der Waals surface area contributed by atoms with Crippen molar-refractivity contribution in [2.24, 2.45) is 5.10 Å². The van der Waals surface area contributed by atoms with Crippen molar-refractivity contribution in [3.8, 4) is 11.5 Å². The highest BCUT2D eigenvalue weighted by Gasteiger charge is 2.34. The number of nitrogens with zero attached hydrogens (tertiary/aromatic N) is 2. The van der Waals surface area contributed by atoms with E-state index in [-0.39, 0.29) is 6.04 Å². The van der Waals surface area contributed by atoms with Gasteiger partial charge in [0.25, 0.3) is 5.91 Å². The Morgan fingerprint density at radius 3 is 2.73 bits per heavy atom. The Kier molecular flexibility index (Phi) is 6.89. The van der Waals surface area contributed by atoms with Gasteiger partial charge in [-0.05, 0) is 47.4 Å². The van der Waals surface area contributed by atoms with Gasteiger partial charge < -0.3 is 18.6 Å². The molecule has 3 aromatic rings. The molecule has 9 heteroatoms. The number of hydrazone groups is 1. The third kappa shape index (κ3) is 5.15. The summed E-state index contributed by atoms with van der Waals surface area (Å²) in [5, 5.41) is 7.90. The van der Waals surface area contributed by atoms with Gasteiger partial charge in [-0.1, -0.05) is 12.1 Å². The lowest BCUT2D eigenvalue weighted by Crippen LogP contribution is -2.31. The number of methoxy groups -OCH3 is 2. The van der Waals surface area contributed by atoms with E-state index in [1.54, 1.807) is 43.8 Å². The number of furan rings is 1. The van der Waals surface area contributed by atoms with Crippen LogP contribution in [0.5, 0.6) is 11.5 Å². The summed E-state index contributed by atoms with van der Waals surface area (Å²) in [6.45, 7) is -0.438. The van der Waals surface area contributed by atoms with Crippen LogP contribution in [0, 0.1) is 0 Å². The van der Waals surface area contributed by atoms with Gasteiger partial charge in [0, 0.05) is 12.5 Å². The first kappa shape index (κ1) is 22.3. The Labute approximate surface area is 194 Å². The minimum absolute atomic E-state index is 0.369. The quantitative estimate of drug-likeness (QED) is 0.363. The minimum Gasteiger partial charge on any atom is -0.493 e. The number of hydrogen-bond donors (Lipinski definition) is 0. The van der Waals surface area contributed by atoms with Crippen molar-refractivity contribution < 1.29 is 28.2 Å². The number of carbonyl (C=O) groups excluding carboxylic acids is 2. The summed E-state index contributed by atoms with van der Waals surface area (Å²) >= 11 is 1.55. The molecule has 0 saturated heterocycles. The third-order valence-electron chi connectivity index (χ3n) is 5.03. The molecule has 33 heavy (non-hydrogen) atoms. The Bertz CT molecular complexity index is 1170. The molecule has 1 atom stereocenters. The molecule has 0 saturated carbocycles. The van der Waals surface area contributed by atoms with Crippen LogP contribution in [0.2, 0.25) is 0 Å². The molecule has 2 aromatic heterocycles. The van der Waals surface area contributed by atoms with Crippen LogP contribution in [0.25, 0.3) is 6.08 Å². The molecule has 3 heterocycles. The van der Waals surface area contributed by atoms with Gasteiger partial charge >= 0.3 is 5.97 Å². The molecule has 0 spiro atoms. The van der Waals surface area contributed by atoms with Crippen LogP contribution in [0.3, 0.4) is 0 Å². The van der Waals surface area contributed by atoms with Crippen LogP contribution >= 0.6 is 11.3 Å². The zero-order chi connectivity index (χ0) is 23.2. The molecular formula is C24H22N2O6S. The van der Waals surface area contributed by atoms with Gasteiger partial charge in [0.2, 0.25) is 0 Å². The Morgan fingerprint density at radius 1 is 1.18 bits per heavy atom. The van der Waals surface area contributed by atoms with Crippen LogP contribution in [0.15, 0.2) is 69.7 Å². The summed E-state index contributed by atoms with van der Waals surface area (Å²) in [5.41, 5.74) is 1.63. The Morgan fingerprint density at radius 2 is 2.03 bits per heavy atom. The van der Waals surface area contributed by atoms with E-state index in [2.05, 4.69) is 5.10 Å². The number of amides is 1. The molecule has 0 fully saturated rings. The normalized spacial score (nSPS) is 15.5. The molecule has 0 N–H and O–H groups in total. The summed E-state index contributed by atoms with van der Waals surface area (Å²) < 4.78 is 21.0. The van der Waals surface area contributed by atoms with Gasteiger partial charge in [-0.3, -0.25) is 4.79 Å². The van der Waals surface area contributed by atoms with Crippen LogP contribution in [0.4, 0.5) is 0 Å². The number of carbonyl (C=O) groups is 2. The zero-order valence-electron chi connectivity index (χ0n) is 18.1. The molecule has 1 amide bonds. The highest BCUT2D eigenvalue weighted by Crippen LogP contribution is 2.37. The summed E-state index contributed by atoms with van der Waals surface area (Å²) in [7, 11) is 3.12. The third-order valence-corrected chi connectivity index (χ3v) is 5.95. The molecule has 8 nitrogen and oxygen atoms in total. The van der Waals surface area contributed by atoms with E-state index < -0.39 is 18.5 Å². The monoisotopic (exact) mass is 466 g/mol. The molecule has 1 unspecified atom stereocenters. The van der Waals surface area contributed by atoms with Crippen LogP contribution in [-0.2, 0) is 14.3 Å². The average molecular weight is 467 g/mol. The lowest BCUT2D eigenvalue weighted by Gasteiger charge is -2.22. The maximum absolute atomic E-state index is 13.0. The maximum atomic E-state index is 13.0. The van der Waals surface area contributed by atoms with Crippen molar-refractivity contribution in [1.82, 2.24) is 5.01 Å². The van der Waals surface area contributed by atoms with E-state index in [0.717, 1.165) is 16.2 Å². The minimum atomic E-state index is -0.649. The van der Waals surface area contributed by atoms with Crippen molar-refractivity contribution in [2.45, 2.75) is 12.5 Å². The van der Waals surface area contributed by atoms with Crippen molar-refractivity contribution in [3.05, 3.63) is 76.4 Å². The SMILES string of the molecule is COc1ccc(C2CC(c3cccs3)=NN2C(=O)COC(=O)/C=C/c2ccco2)cc1OC. The summed E-state index contributed by atoms with van der Waals surface area (Å²) in [6, 6.07) is 12.4. The largest absolute Gasteiger partial charge is 0.493 e. The number of rotatable bonds is 8. The van der Waals surface area contributed by atoms with Gasteiger partial charge in [0.1, 0.15) is 5.76 Å². The zero-order valence-corrected chi connectivity index (χ0v) is 18.9. The summed E-state index contributed by atoms with van der Waals surface area (Å²) in [5.74, 6) is 0.581. The van der Waals surface area contributed by atoms with E-state index in [9.17, 15) is 9.59 Å². The maximum Gasteiger partial charge on any atom is 0.331 e. The van der Waals surface area contributed by atoms with Crippen molar-refractivity contribution in [2.75, 3.05) is 20.8 Å². The number of ether oxygens (including phenoxy) is 3. The molecule has 170 valence electrons. The predicted molar refractivity (Wildman–Crippen MR) is 123 cm³/mol. The second-order valence-corrected chi connectivity index (χ2v) is 8.00. The van der Waals surface area contributed by atoms with E-state index in [0.29, 0.717) is 23.7 Å². The van der Waals surface area contributed by atoms with E-state index in [1.807, 2.05) is 29.6 Å². The van der Waals surface area contributed by atoms with Crippen LogP contribution < -0.4 is 9.47 Å². The topological polar surface area (TPSA) is 90.6 Å². The summed E-state index contributed by atoms with van der Waals surface area (Å²) in [6.07, 6.45) is 4.71. The molecule has 1 aliphatic rings. The number of thiophene rings is 1. The van der Waals surface area contributed by atoms with Gasteiger partial charge in [0.05, 0.1) is 37.1 Å². The number of benzene rings is 1. The molecule has 1 aromatic carbocycles. The standard InChI is InChI=1S/C24H22N2O6S/c1-29-20-9-7-16(13-21(20)30-2)19-14-18(22-6-4-12-33-22)25-26(19)23(27)15-32-24(28)10-8-17-5-3-11-31-17/h3-13,19H,14-15H2,1-2H3/b10-8+. The van der Waals surface area contributed by atoms with E-state index in [4.69, 9.17) is 18.6 Å². The average Bonchev–Trinajstić information content (AvgIpc) is 3.62. The van der Waals surface area contributed by atoms with E-state index in [1.165, 1.54) is 23.4 Å².